The van der Waals surface area contributed by atoms with Gasteiger partial charge in [-0.15, -0.1) is 0 Å². The van der Waals surface area contributed by atoms with Crippen molar-refractivity contribution < 1.29 is 13.2 Å². The van der Waals surface area contributed by atoms with Crippen LogP contribution in [0.25, 0.3) is 0 Å². The number of nitrogens with zero attached hydrogens (tertiary/aromatic N) is 1. The molecule has 1 aliphatic carbocycles. The molecule has 1 saturated heterocycles. The van der Waals surface area contributed by atoms with Gasteiger partial charge in [-0.25, -0.2) is 8.42 Å². The SMILES string of the molecule is CC1(C)COCCN1S(=O)(=O)CCNC1CC1. The quantitative estimate of drug-likeness (QED) is 0.768. The number of morpholine rings is 1. The largest absolute Gasteiger partial charge is 0.378 e. The van der Waals surface area contributed by atoms with Crippen LogP contribution in [-0.4, -0.2) is 56.4 Å². The molecule has 1 N–H and O–H groups in total. The minimum Gasteiger partial charge on any atom is -0.378 e. The molecule has 0 bridgehead atoms. The van der Waals surface area contributed by atoms with Gasteiger partial charge in [0.05, 0.1) is 24.5 Å². The highest BCUT2D eigenvalue weighted by atomic mass is 32.2. The Morgan fingerprint density at radius 3 is 2.71 bits per heavy atom. The van der Waals surface area contributed by atoms with Crippen molar-refractivity contribution in [2.45, 2.75) is 38.3 Å². The third-order valence-electron chi connectivity index (χ3n) is 3.28. The second kappa shape index (κ2) is 4.84. The second-order valence-corrected chi connectivity index (χ2v) is 7.49. The molecule has 2 fully saturated rings. The summed E-state index contributed by atoms with van der Waals surface area (Å²) in [7, 11) is -3.17. The summed E-state index contributed by atoms with van der Waals surface area (Å²) in [5.41, 5.74) is -0.420. The van der Waals surface area contributed by atoms with Crippen LogP contribution < -0.4 is 5.32 Å². The van der Waals surface area contributed by atoms with Crippen molar-refractivity contribution in [3.8, 4) is 0 Å². The molecule has 0 unspecified atom stereocenters. The number of hydrogen-bond donors (Lipinski definition) is 1. The standard InChI is InChI=1S/C11H22N2O3S/c1-11(2)9-16-7-6-13(11)17(14,15)8-5-12-10-3-4-10/h10,12H,3-9H2,1-2H3. The molecule has 0 aromatic rings. The van der Waals surface area contributed by atoms with Crippen LogP contribution >= 0.6 is 0 Å². The van der Waals surface area contributed by atoms with Gasteiger partial charge in [0, 0.05) is 19.1 Å². The molecule has 17 heavy (non-hydrogen) atoms. The molecular formula is C11H22N2O3S. The molecule has 1 heterocycles. The average Bonchev–Trinajstić information content (AvgIpc) is 3.00. The van der Waals surface area contributed by atoms with Crippen LogP contribution in [-0.2, 0) is 14.8 Å². The predicted octanol–water partition coefficient (Wildman–Crippen LogP) is 0.179. The molecule has 0 aromatic heterocycles. The van der Waals surface area contributed by atoms with Gasteiger partial charge in [0.2, 0.25) is 10.0 Å². The van der Waals surface area contributed by atoms with Crippen molar-refractivity contribution in [3.63, 3.8) is 0 Å². The van der Waals surface area contributed by atoms with E-state index in [1.807, 2.05) is 13.8 Å². The average molecular weight is 262 g/mol. The molecule has 0 spiro atoms. The Labute approximate surface area is 104 Å². The summed E-state index contributed by atoms with van der Waals surface area (Å²) in [4.78, 5) is 0. The van der Waals surface area contributed by atoms with Gasteiger partial charge < -0.3 is 10.1 Å². The number of hydrogen-bond acceptors (Lipinski definition) is 4. The highest BCUT2D eigenvalue weighted by molar-refractivity contribution is 7.89. The monoisotopic (exact) mass is 262 g/mol. The van der Waals surface area contributed by atoms with E-state index in [0.29, 0.717) is 32.3 Å². The maximum absolute atomic E-state index is 12.2. The zero-order valence-electron chi connectivity index (χ0n) is 10.6. The van der Waals surface area contributed by atoms with E-state index in [9.17, 15) is 8.42 Å². The molecule has 5 nitrogen and oxygen atoms in total. The first-order chi connectivity index (χ1) is 7.92. The zero-order valence-corrected chi connectivity index (χ0v) is 11.4. The fourth-order valence-corrected chi connectivity index (χ4v) is 3.90. The van der Waals surface area contributed by atoms with Crippen molar-refractivity contribution in [1.82, 2.24) is 9.62 Å². The molecule has 0 atom stereocenters. The summed E-state index contributed by atoms with van der Waals surface area (Å²) in [5, 5.41) is 3.24. The van der Waals surface area contributed by atoms with Crippen LogP contribution in [0.15, 0.2) is 0 Å². The van der Waals surface area contributed by atoms with Crippen molar-refractivity contribution >= 4 is 10.0 Å². The third-order valence-corrected chi connectivity index (χ3v) is 5.34. The Morgan fingerprint density at radius 2 is 2.12 bits per heavy atom. The number of ether oxygens (including phenoxy) is 1. The molecule has 2 aliphatic rings. The van der Waals surface area contributed by atoms with Gasteiger partial charge in [0.1, 0.15) is 0 Å². The molecular weight excluding hydrogens is 240 g/mol. The topological polar surface area (TPSA) is 58.6 Å². The summed E-state index contributed by atoms with van der Waals surface area (Å²) in [6.45, 7) is 5.83. The summed E-state index contributed by atoms with van der Waals surface area (Å²) in [6, 6.07) is 0.558. The molecule has 6 heteroatoms. The molecule has 1 aliphatic heterocycles. The van der Waals surface area contributed by atoms with Crippen molar-refractivity contribution in [2.24, 2.45) is 0 Å². The van der Waals surface area contributed by atoms with Crippen LogP contribution in [0, 0.1) is 0 Å². The first kappa shape index (κ1) is 13.3. The van der Waals surface area contributed by atoms with Gasteiger partial charge in [0.15, 0.2) is 0 Å². The number of sulfonamides is 1. The normalized spacial score (nSPS) is 26.0. The van der Waals surface area contributed by atoms with Crippen molar-refractivity contribution in [1.29, 1.82) is 0 Å². The van der Waals surface area contributed by atoms with E-state index in [1.165, 1.54) is 12.8 Å². The highest BCUT2D eigenvalue weighted by Crippen LogP contribution is 2.23. The Morgan fingerprint density at radius 1 is 1.41 bits per heavy atom. The van der Waals surface area contributed by atoms with Crippen LogP contribution in [0.1, 0.15) is 26.7 Å². The predicted molar refractivity (Wildman–Crippen MR) is 66.4 cm³/mol. The Bertz CT molecular complexity index is 363. The van der Waals surface area contributed by atoms with E-state index in [4.69, 9.17) is 4.74 Å². The lowest BCUT2D eigenvalue weighted by molar-refractivity contribution is -0.00766. The summed E-state index contributed by atoms with van der Waals surface area (Å²) in [5.74, 6) is 0.187. The molecule has 2 rings (SSSR count). The van der Waals surface area contributed by atoms with Gasteiger partial charge in [-0.1, -0.05) is 0 Å². The van der Waals surface area contributed by atoms with Crippen LogP contribution in [0.4, 0.5) is 0 Å². The van der Waals surface area contributed by atoms with Gasteiger partial charge >= 0.3 is 0 Å². The fraction of sp³-hybridized carbons (Fsp3) is 1.00. The van der Waals surface area contributed by atoms with Crippen LogP contribution in [0.5, 0.6) is 0 Å². The second-order valence-electron chi connectivity index (χ2n) is 5.48. The minimum atomic E-state index is -3.17. The maximum Gasteiger partial charge on any atom is 0.215 e. The molecule has 0 radical (unpaired) electrons. The smallest absolute Gasteiger partial charge is 0.215 e. The van der Waals surface area contributed by atoms with Gasteiger partial charge in [0.25, 0.3) is 0 Å². The van der Waals surface area contributed by atoms with Crippen molar-refractivity contribution in [2.75, 3.05) is 32.1 Å². The first-order valence-corrected chi connectivity index (χ1v) is 7.84. The Hall–Kier alpha value is -0.170. The fourth-order valence-electron chi connectivity index (χ4n) is 2.15. The Kier molecular flexibility index (Phi) is 3.77. The zero-order chi connectivity index (χ0) is 12.5. The lowest BCUT2D eigenvalue weighted by Gasteiger charge is -2.40. The lowest BCUT2D eigenvalue weighted by atomic mass is 10.1. The van der Waals surface area contributed by atoms with Gasteiger partial charge in [-0.2, -0.15) is 4.31 Å². The molecule has 100 valence electrons. The first-order valence-electron chi connectivity index (χ1n) is 6.23. The summed E-state index contributed by atoms with van der Waals surface area (Å²) < 4.78 is 31.4. The molecule has 0 aromatic carbocycles. The van der Waals surface area contributed by atoms with Crippen LogP contribution in [0.3, 0.4) is 0 Å². The van der Waals surface area contributed by atoms with E-state index in [1.54, 1.807) is 4.31 Å². The van der Waals surface area contributed by atoms with E-state index in [2.05, 4.69) is 5.32 Å². The lowest BCUT2D eigenvalue weighted by Crippen LogP contribution is -2.56. The summed E-state index contributed by atoms with van der Waals surface area (Å²) in [6.07, 6.45) is 2.37. The van der Waals surface area contributed by atoms with E-state index in [-0.39, 0.29) is 5.75 Å². The number of nitrogens with one attached hydrogen (secondary N) is 1. The van der Waals surface area contributed by atoms with E-state index < -0.39 is 15.6 Å². The summed E-state index contributed by atoms with van der Waals surface area (Å²) >= 11 is 0. The van der Waals surface area contributed by atoms with Crippen LogP contribution in [0.2, 0.25) is 0 Å². The molecule has 1 saturated carbocycles. The maximum atomic E-state index is 12.2. The number of rotatable bonds is 5. The van der Waals surface area contributed by atoms with E-state index in [0.717, 1.165) is 0 Å². The highest BCUT2D eigenvalue weighted by Gasteiger charge is 2.38. The van der Waals surface area contributed by atoms with Gasteiger partial charge in [-0.3, -0.25) is 0 Å². The third kappa shape index (κ3) is 3.40. The van der Waals surface area contributed by atoms with Gasteiger partial charge in [-0.05, 0) is 26.7 Å². The van der Waals surface area contributed by atoms with E-state index >= 15 is 0 Å². The minimum absolute atomic E-state index is 0.187. The van der Waals surface area contributed by atoms with Crippen molar-refractivity contribution in [3.05, 3.63) is 0 Å². The Balaban J connectivity index is 1.92. The molecule has 0 amide bonds.